The van der Waals surface area contributed by atoms with E-state index in [9.17, 15) is 0 Å². The molecule has 0 unspecified atom stereocenters. The Morgan fingerprint density at radius 1 is 1.29 bits per heavy atom. The molecule has 0 N–H and O–H groups in total. The van der Waals surface area contributed by atoms with Crippen LogP contribution in [0, 0.1) is 6.92 Å². The Kier molecular flexibility index (Phi) is 2.93. The van der Waals surface area contributed by atoms with Crippen molar-refractivity contribution in [2.75, 3.05) is 0 Å². The molecule has 0 atom stereocenters. The van der Waals surface area contributed by atoms with E-state index in [-0.39, 0.29) is 0 Å². The fraction of sp³-hybridized carbons (Fsp3) is 0.333. The topological polar surface area (TPSA) is 0 Å². The van der Waals surface area contributed by atoms with Gasteiger partial charge in [0, 0.05) is 10.0 Å². The molecule has 0 aliphatic carbocycles. The first-order valence-corrected chi connectivity index (χ1v) is 6.82. The van der Waals surface area contributed by atoms with Gasteiger partial charge in [0.2, 0.25) is 0 Å². The van der Waals surface area contributed by atoms with Crippen molar-refractivity contribution in [3.05, 3.63) is 34.2 Å². The molecule has 2 rings (SSSR count). The van der Waals surface area contributed by atoms with Gasteiger partial charge >= 0.3 is 0 Å². The zero-order chi connectivity index (χ0) is 10.1. The molecule has 0 aliphatic heterocycles. The molecule has 0 amide bonds. The molecule has 14 heavy (non-hydrogen) atoms. The second-order valence-corrected chi connectivity index (χ2v) is 4.99. The number of rotatable bonds is 2. The van der Waals surface area contributed by atoms with Crippen molar-refractivity contribution < 1.29 is 0 Å². The molecule has 74 valence electrons. The quantitative estimate of drug-likeness (QED) is 0.695. The second-order valence-electron chi connectivity index (χ2n) is 3.52. The third-order valence-electron chi connectivity index (χ3n) is 2.64. The number of fused-ring (bicyclic) bond motifs is 1. The highest BCUT2D eigenvalue weighted by atomic mass is 79.9. The van der Waals surface area contributed by atoms with E-state index < -0.39 is 0 Å². The summed E-state index contributed by atoms with van der Waals surface area (Å²) >= 11 is 5.37. The zero-order valence-electron chi connectivity index (χ0n) is 8.43. The summed E-state index contributed by atoms with van der Waals surface area (Å²) in [5.74, 6) is 0. The Balaban J connectivity index is 2.70. The second kappa shape index (κ2) is 4.03. The van der Waals surface area contributed by atoms with E-state index in [0.29, 0.717) is 0 Å². The van der Waals surface area contributed by atoms with Crippen LogP contribution in [0.3, 0.4) is 0 Å². The average Bonchev–Trinajstić information content (AvgIpc) is 2.58. The van der Waals surface area contributed by atoms with Crippen molar-refractivity contribution in [2.24, 2.45) is 0 Å². The minimum Gasteiger partial charge on any atom is -0.143 e. The van der Waals surface area contributed by atoms with E-state index >= 15 is 0 Å². The highest BCUT2D eigenvalue weighted by Gasteiger charge is 2.05. The van der Waals surface area contributed by atoms with Gasteiger partial charge in [-0.15, -0.1) is 11.3 Å². The van der Waals surface area contributed by atoms with Crippen LogP contribution in [0.2, 0.25) is 0 Å². The third kappa shape index (κ3) is 1.61. The van der Waals surface area contributed by atoms with Crippen LogP contribution in [0.15, 0.2) is 17.5 Å². The number of thiophene rings is 1. The number of alkyl halides is 1. The SMILES string of the molecule is CCc1cc2c(CBr)csc2cc1C. The van der Waals surface area contributed by atoms with Crippen LogP contribution in [-0.4, -0.2) is 0 Å². The number of hydrogen-bond acceptors (Lipinski definition) is 1. The lowest BCUT2D eigenvalue weighted by atomic mass is 10.0. The van der Waals surface area contributed by atoms with Gasteiger partial charge < -0.3 is 0 Å². The van der Waals surface area contributed by atoms with Crippen molar-refractivity contribution >= 4 is 37.4 Å². The molecule has 2 aromatic rings. The number of benzene rings is 1. The van der Waals surface area contributed by atoms with Crippen molar-refractivity contribution in [3.8, 4) is 0 Å². The summed E-state index contributed by atoms with van der Waals surface area (Å²) < 4.78 is 1.41. The molecule has 0 nitrogen and oxygen atoms in total. The van der Waals surface area contributed by atoms with Gasteiger partial charge in [0.25, 0.3) is 0 Å². The minimum absolute atomic E-state index is 0.958. The lowest BCUT2D eigenvalue weighted by molar-refractivity contribution is 1.12. The molecule has 2 heteroatoms. The average molecular weight is 269 g/mol. The third-order valence-corrected chi connectivity index (χ3v) is 4.24. The van der Waals surface area contributed by atoms with Crippen molar-refractivity contribution in [1.82, 2.24) is 0 Å². The van der Waals surface area contributed by atoms with E-state index in [0.717, 1.165) is 11.8 Å². The lowest BCUT2D eigenvalue weighted by Crippen LogP contribution is -1.86. The maximum atomic E-state index is 3.53. The zero-order valence-corrected chi connectivity index (χ0v) is 10.8. The summed E-state index contributed by atoms with van der Waals surface area (Å²) in [6.07, 6.45) is 1.12. The summed E-state index contributed by atoms with van der Waals surface area (Å²) in [6.45, 7) is 4.42. The first-order chi connectivity index (χ1) is 6.76. The Hall–Kier alpha value is -0.340. The van der Waals surface area contributed by atoms with E-state index in [1.807, 2.05) is 11.3 Å². The first-order valence-electron chi connectivity index (χ1n) is 4.81. The summed E-state index contributed by atoms with van der Waals surface area (Å²) in [6, 6.07) is 4.66. The smallest absolute Gasteiger partial charge is 0.0348 e. The minimum atomic E-state index is 0.958. The molecule has 1 aromatic heterocycles. The van der Waals surface area contributed by atoms with E-state index in [1.54, 1.807) is 0 Å². The Morgan fingerprint density at radius 3 is 2.71 bits per heavy atom. The van der Waals surface area contributed by atoms with Crippen LogP contribution in [0.4, 0.5) is 0 Å². The molecule has 0 radical (unpaired) electrons. The van der Waals surface area contributed by atoms with Crippen LogP contribution in [0.25, 0.3) is 10.1 Å². The van der Waals surface area contributed by atoms with E-state index in [1.165, 1.54) is 26.8 Å². The summed E-state index contributed by atoms with van der Waals surface area (Å²) in [5, 5.41) is 4.63. The van der Waals surface area contributed by atoms with Crippen LogP contribution >= 0.6 is 27.3 Å². The van der Waals surface area contributed by atoms with E-state index in [4.69, 9.17) is 0 Å². The van der Waals surface area contributed by atoms with Gasteiger partial charge in [0.1, 0.15) is 0 Å². The predicted octanol–water partition coefficient (Wildman–Crippen LogP) is 4.67. The fourth-order valence-corrected chi connectivity index (χ4v) is 3.48. The Labute approximate surface area is 97.1 Å². The van der Waals surface area contributed by atoms with Gasteiger partial charge in [-0.3, -0.25) is 0 Å². The van der Waals surface area contributed by atoms with Gasteiger partial charge in [-0.1, -0.05) is 22.9 Å². The predicted molar refractivity (Wildman–Crippen MR) is 68.6 cm³/mol. The number of aryl methyl sites for hydroxylation is 2. The highest BCUT2D eigenvalue weighted by Crippen LogP contribution is 2.30. The van der Waals surface area contributed by atoms with Crippen molar-refractivity contribution in [1.29, 1.82) is 0 Å². The van der Waals surface area contributed by atoms with Crippen LogP contribution in [-0.2, 0) is 11.8 Å². The van der Waals surface area contributed by atoms with Gasteiger partial charge in [0.05, 0.1) is 0 Å². The fourth-order valence-electron chi connectivity index (χ4n) is 1.76. The molecule has 1 aromatic carbocycles. The monoisotopic (exact) mass is 268 g/mol. The highest BCUT2D eigenvalue weighted by molar-refractivity contribution is 9.08. The number of halogens is 1. The summed E-state index contributed by atoms with van der Waals surface area (Å²) in [5.41, 5.74) is 4.31. The first kappa shape index (κ1) is 10.2. The standard InChI is InChI=1S/C12H13BrS/c1-3-9-5-11-10(6-13)7-14-12(11)4-8(9)2/h4-5,7H,3,6H2,1-2H3. The molecule has 1 heterocycles. The molecule has 0 saturated carbocycles. The molecule has 0 bridgehead atoms. The van der Waals surface area contributed by atoms with E-state index in [2.05, 4.69) is 47.3 Å². The molecule has 0 fully saturated rings. The van der Waals surface area contributed by atoms with Crippen molar-refractivity contribution in [3.63, 3.8) is 0 Å². The maximum Gasteiger partial charge on any atom is 0.0348 e. The normalized spacial score (nSPS) is 11.1. The number of hydrogen-bond donors (Lipinski definition) is 0. The van der Waals surface area contributed by atoms with Crippen LogP contribution < -0.4 is 0 Å². The van der Waals surface area contributed by atoms with Crippen molar-refractivity contribution in [2.45, 2.75) is 25.6 Å². The molecule has 0 aliphatic rings. The molecular weight excluding hydrogens is 256 g/mol. The van der Waals surface area contributed by atoms with Gasteiger partial charge in [-0.25, -0.2) is 0 Å². The van der Waals surface area contributed by atoms with Gasteiger partial charge in [-0.2, -0.15) is 0 Å². The largest absolute Gasteiger partial charge is 0.143 e. The van der Waals surface area contributed by atoms with Crippen LogP contribution in [0.5, 0.6) is 0 Å². The summed E-state index contributed by atoms with van der Waals surface area (Å²) in [4.78, 5) is 0. The molecule has 0 saturated heterocycles. The maximum absolute atomic E-state index is 3.53. The Bertz CT molecular complexity index is 457. The molecule has 0 spiro atoms. The lowest BCUT2D eigenvalue weighted by Gasteiger charge is -2.03. The van der Waals surface area contributed by atoms with Gasteiger partial charge in [0.15, 0.2) is 0 Å². The van der Waals surface area contributed by atoms with Gasteiger partial charge in [-0.05, 0) is 52.9 Å². The summed E-state index contributed by atoms with van der Waals surface area (Å²) in [7, 11) is 0. The Morgan fingerprint density at radius 2 is 2.07 bits per heavy atom. The van der Waals surface area contributed by atoms with Crippen LogP contribution in [0.1, 0.15) is 23.6 Å². The molecular formula is C12H13BrS.